The normalized spacial score (nSPS) is 10.0. The van der Waals surface area contributed by atoms with Gasteiger partial charge in [-0.3, -0.25) is 0 Å². The molecule has 0 aliphatic heterocycles. The first-order valence-corrected chi connectivity index (χ1v) is 5.83. The van der Waals surface area contributed by atoms with Crippen LogP contribution in [-0.2, 0) is 4.74 Å². The molecular weight excluding hydrogens is 231 g/mol. The summed E-state index contributed by atoms with van der Waals surface area (Å²) in [4.78, 5) is 11.3. The van der Waals surface area contributed by atoms with Gasteiger partial charge in [0.2, 0.25) is 0 Å². The lowest BCUT2D eigenvalue weighted by Gasteiger charge is -2.03. The van der Waals surface area contributed by atoms with Crippen molar-refractivity contribution in [1.82, 2.24) is 0 Å². The van der Waals surface area contributed by atoms with E-state index in [1.807, 2.05) is 24.3 Å². The quantitative estimate of drug-likeness (QED) is 0.599. The molecule has 0 saturated carbocycles. The van der Waals surface area contributed by atoms with E-state index >= 15 is 0 Å². The predicted octanol–water partition coefficient (Wildman–Crippen LogP) is 2.64. The second-order valence-electron chi connectivity index (χ2n) is 3.69. The molecule has 0 saturated heterocycles. The molecular formula is C14H13O2P. The van der Waals surface area contributed by atoms with Crippen LogP contribution in [0.3, 0.4) is 0 Å². The highest BCUT2D eigenvalue weighted by molar-refractivity contribution is 7.27. The van der Waals surface area contributed by atoms with E-state index in [9.17, 15) is 4.79 Å². The number of rotatable bonds is 2. The van der Waals surface area contributed by atoms with Crippen LogP contribution in [0.25, 0.3) is 11.1 Å². The second kappa shape index (κ2) is 5.11. The van der Waals surface area contributed by atoms with Gasteiger partial charge in [-0.1, -0.05) is 36.4 Å². The summed E-state index contributed by atoms with van der Waals surface area (Å²) in [5, 5.41) is 1.15. The van der Waals surface area contributed by atoms with Crippen molar-refractivity contribution in [2.24, 2.45) is 0 Å². The molecule has 1 atom stereocenters. The van der Waals surface area contributed by atoms with Gasteiger partial charge in [0.15, 0.2) is 0 Å². The van der Waals surface area contributed by atoms with E-state index in [0.717, 1.165) is 16.4 Å². The van der Waals surface area contributed by atoms with Gasteiger partial charge < -0.3 is 4.74 Å². The highest BCUT2D eigenvalue weighted by atomic mass is 31.0. The van der Waals surface area contributed by atoms with Crippen LogP contribution in [0.5, 0.6) is 0 Å². The van der Waals surface area contributed by atoms with Crippen LogP contribution in [0.2, 0.25) is 0 Å². The van der Waals surface area contributed by atoms with Crippen molar-refractivity contribution in [2.75, 3.05) is 7.11 Å². The van der Waals surface area contributed by atoms with Gasteiger partial charge in [-0.2, -0.15) is 0 Å². The molecule has 3 heteroatoms. The summed E-state index contributed by atoms with van der Waals surface area (Å²) in [5.74, 6) is -0.308. The third-order valence-electron chi connectivity index (χ3n) is 2.55. The summed E-state index contributed by atoms with van der Waals surface area (Å²) in [5.41, 5.74) is 2.79. The highest BCUT2D eigenvalue weighted by Gasteiger charge is 2.04. The number of carbonyl (C=O) groups excluding carboxylic acids is 1. The van der Waals surface area contributed by atoms with Gasteiger partial charge in [-0.15, -0.1) is 9.24 Å². The van der Waals surface area contributed by atoms with E-state index < -0.39 is 0 Å². The average molecular weight is 244 g/mol. The van der Waals surface area contributed by atoms with E-state index in [2.05, 4.69) is 26.1 Å². The molecule has 0 heterocycles. The minimum atomic E-state index is -0.308. The minimum absolute atomic E-state index is 0.308. The Morgan fingerprint density at radius 2 is 1.41 bits per heavy atom. The minimum Gasteiger partial charge on any atom is -0.465 e. The van der Waals surface area contributed by atoms with Crippen molar-refractivity contribution in [3.05, 3.63) is 54.1 Å². The van der Waals surface area contributed by atoms with Gasteiger partial charge in [0.05, 0.1) is 12.7 Å². The molecule has 0 aliphatic carbocycles. The van der Waals surface area contributed by atoms with Crippen molar-refractivity contribution >= 4 is 20.5 Å². The molecule has 0 fully saturated rings. The van der Waals surface area contributed by atoms with Crippen LogP contribution in [0.4, 0.5) is 0 Å². The molecule has 86 valence electrons. The molecule has 0 spiro atoms. The zero-order valence-electron chi connectivity index (χ0n) is 9.51. The lowest BCUT2D eigenvalue weighted by atomic mass is 10.0. The second-order valence-corrected chi connectivity index (χ2v) is 4.36. The number of ether oxygens (including phenoxy) is 1. The lowest BCUT2D eigenvalue weighted by Crippen LogP contribution is -2.00. The van der Waals surface area contributed by atoms with Crippen LogP contribution in [-0.4, -0.2) is 13.1 Å². The monoisotopic (exact) mass is 244 g/mol. The summed E-state index contributed by atoms with van der Waals surface area (Å²) in [7, 11) is 4.04. The summed E-state index contributed by atoms with van der Waals surface area (Å²) < 4.78 is 4.66. The molecule has 17 heavy (non-hydrogen) atoms. The fourth-order valence-corrected chi connectivity index (χ4v) is 1.78. The van der Waals surface area contributed by atoms with E-state index in [0.29, 0.717) is 5.56 Å². The van der Waals surface area contributed by atoms with Crippen molar-refractivity contribution in [3.63, 3.8) is 0 Å². The summed E-state index contributed by atoms with van der Waals surface area (Å²) in [6.45, 7) is 0. The highest BCUT2D eigenvalue weighted by Crippen LogP contribution is 2.19. The van der Waals surface area contributed by atoms with Crippen molar-refractivity contribution in [1.29, 1.82) is 0 Å². The summed E-state index contributed by atoms with van der Waals surface area (Å²) in [6.07, 6.45) is 0. The third kappa shape index (κ3) is 2.72. The molecule has 0 amide bonds. The first-order valence-electron chi connectivity index (χ1n) is 5.25. The van der Waals surface area contributed by atoms with E-state index in [1.165, 1.54) is 7.11 Å². The molecule has 2 rings (SSSR count). The molecule has 0 bridgehead atoms. The van der Waals surface area contributed by atoms with E-state index in [4.69, 9.17) is 0 Å². The van der Waals surface area contributed by atoms with E-state index in [-0.39, 0.29) is 5.97 Å². The SMILES string of the molecule is COC(=O)c1ccc(-c2ccc(P)cc2)cc1. The van der Waals surface area contributed by atoms with Gasteiger partial charge in [0, 0.05) is 0 Å². The zero-order valence-corrected chi connectivity index (χ0v) is 10.7. The Morgan fingerprint density at radius 3 is 1.88 bits per heavy atom. The number of hydrogen-bond donors (Lipinski definition) is 0. The van der Waals surface area contributed by atoms with Crippen LogP contribution in [0, 0.1) is 0 Å². The average Bonchev–Trinajstić information content (AvgIpc) is 2.39. The van der Waals surface area contributed by atoms with Gasteiger partial charge in [-0.05, 0) is 28.6 Å². The first-order chi connectivity index (χ1) is 8.20. The summed E-state index contributed by atoms with van der Waals surface area (Å²) >= 11 is 0. The Labute approximate surface area is 103 Å². The number of benzene rings is 2. The molecule has 2 aromatic rings. The Bertz CT molecular complexity index is 515. The Hall–Kier alpha value is -1.66. The largest absolute Gasteiger partial charge is 0.465 e. The number of hydrogen-bond acceptors (Lipinski definition) is 2. The molecule has 0 N–H and O–H groups in total. The number of esters is 1. The van der Waals surface area contributed by atoms with Crippen LogP contribution >= 0.6 is 9.24 Å². The molecule has 2 nitrogen and oxygen atoms in total. The first kappa shape index (κ1) is 11.8. The van der Waals surface area contributed by atoms with Gasteiger partial charge in [0.25, 0.3) is 0 Å². The maximum atomic E-state index is 11.3. The Balaban J connectivity index is 2.29. The van der Waals surface area contributed by atoms with Crippen LogP contribution in [0.15, 0.2) is 48.5 Å². The van der Waals surface area contributed by atoms with Crippen molar-refractivity contribution in [2.45, 2.75) is 0 Å². The zero-order chi connectivity index (χ0) is 12.3. The van der Waals surface area contributed by atoms with Crippen molar-refractivity contribution < 1.29 is 9.53 Å². The number of carbonyl (C=O) groups is 1. The molecule has 1 unspecified atom stereocenters. The maximum absolute atomic E-state index is 11.3. The van der Waals surface area contributed by atoms with Crippen LogP contribution < -0.4 is 5.30 Å². The predicted molar refractivity (Wildman–Crippen MR) is 72.6 cm³/mol. The maximum Gasteiger partial charge on any atom is 0.337 e. The topological polar surface area (TPSA) is 26.3 Å². The van der Waals surface area contributed by atoms with Gasteiger partial charge in [-0.25, -0.2) is 4.79 Å². The smallest absolute Gasteiger partial charge is 0.337 e. The Morgan fingerprint density at radius 1 is 0.941 bits per heavy atom. The van der Waals surface area contributed by atoms with Gasteiger partial charge in [0.1, 0.15) is 0 Å². The molecule has 0 radical (unpaired) electrons. The summed E-state index contributed by atoms with van der Waals surface area (Å²) in [6, 6.07) is 15.6. The van der Waals surface area contributed by atoms with E-state index in [1.54, 1.807) is 12.1 Å². The Kier molecular flexibility index (Phi) is 3.55. The fraction of sp³-hybridized carbons (Fsp3) is 0.0714. The molecule has 0 aromatic heterocycles. The van der Waals surface area contributed by atoms with Crippen molar-refractivity contribution in [3.8, 4) is 11.1 Å². The van der Waals surface area contributed by atoms with Crippen LogP contribution in [0.1, 0.15) is 10.4 Å². The standard InChI is InChI=1S/C14H13O2P/c1-16-14(15)12-4-2-10(3-5-12)11-6-8-13(17)9-7-11/h2-9H,17H2,1H3. The third-order valence-corrected chi connectivity index (χ3v) is 2.93. The number of methoxy groups -OCH3 is 1. The fourth-order valence-electron chi connectivity index (χ4n) is 1.59. The lowest BCUT2D eigenvalue weighted by molar-refractivity contribution is 0.0601. The molecule has 2 aromatic carbocycles. The molecule has 0 aliphatic rings. The van der Waals surface area contributed by atoms with Gasteiger partial charge >= 0.3 is 5.97 Å².